The second-order valence-electron chi connectivity index (χ2n) is 6.68. The van der Waals surface area contributed by atoms with E-state index in [1.807, 2.05) is 0 Å². The predicted octanol–water partition coefficient (Wildman–Crippen LogP) is 4.58. The molecular formula is C18H29BrN2. The molecule has 0 aromatic heterocycles. The quantitative estimate of drug-likeness (QED) is 0.833. The van der Waals surface area contributed by atoms with Crippen molar-refractivity contribution in [1.29, 1.82) is 0 Å². The summed E-state index contributed by atoms with van der Waals surface area (Å²) in [5, 5.41) is 3.85. The van der Waals surface area contributed by atoms with Crippen molar-refractivity contribution in [2.24, 2.45) is 0 Å². The molecule has 0 saturated carbocycles. The van der Waals surface area contributed by atoms with Gasteiger partial charge in [0, 0.05) is 35.2 Å². The maximum Gasteiger partial charge on any atom is 0.0307 e. The van der Waals surface area contributed by atoms with Gasteiger partial charge in [-0.25, -0.2) is 0 Å². The highest BCUT2D eigenvalue weighted by atomic mass is 79.9. The van der Waals surface area contributed by atoms with Gasteiger partial charge < -0.3 is 5.32 Å². The summed E-state index contributed by atoms with van der Waals surface area (Å²) in [6.07, 6.45) is 3.56. The van der Waals surface area contributed by atoms with Crippen molar-refractivity contribution in [1.82, 2.24) is 10.2 Å². The Kier molecular flexibility index (Phi) is 5.50. The Labute approximate surface area is 138 Å². The van der Waals surface area contributed by atoms with Crippen LogP contribution in [0.25, 0.3) is 0 Å². The normalized spacial score (nSPS) is 26.0. The zero-order valence-electron chi connectivity index (χ0n) is 13.9. The summed E-state index contributed by atoms with van der Waals surface area (Å²) >= 11 is 3.59. The molecule has 1 saturated heterocycles. The van der Waals surface area contributed by atoms with E-state index in [2.05, 4.69) is 78.1 Å². The van der Waals surface area contributed by atoms with Crippen molar-refractivity contribution in [3.63, 3.8) is 0 Å². The molecule has 1 aliphatic heterocycles. The molecule has 1 aromatic rings. The largest absolute Gasteiger partial charge is 0.308 e. The first-order valence-electron chi connectivity index (χ1n) is 8.21. The van der Waals surface area contributed by atoms with Gasteiger partial charge in [-0.05, 0) is 43.9 Å². The predicted molar refractivity (Wildman–Crippen MR) is 94.6 cm³/mol. The van der Waals surface area contributed by atoms with Crippen LogP contribution >= 0.6 is 15.9 Å². The smallest absolute Gasteiger partial charge is 0.0307 e. The molecule has 0 aliphatic carbocycles. The van der Waals surface area contributed by atoms with E-state index in [1.54, 1.807) is 0 Å². The van der Waals surface area contributed by atoms with E-state index in [9.17, 15) is 0 Å². The van der Waals surface area contributed by atoms with Crippen molar-refractivity contribution >= 4 is 15.9 Å². The minimum absolute atomic E-state index is 0.246. The van der Waals surface area contributed by atoms with Crippen molar-refractivity contribution < 1.29 is 0 Å². The van der Waals surface area contributed by atoms with Crippen molar-refractivity contribution in [2.45, 2.75) is 64.6 Å². The summed E-state index contributed by atoms with van der Waals surface area (Å²) in [4.78, 5) is 2.69. The fourth-order valence-corrected chi connectivity index (χ4v) is 3.72. The maximum atomic E-state index is 3.85. The third-order valence-corrected chi connectivity index (χ3v) is 5.97. The van der Waals surface area contributed by atoms with Crippen LogP contribution < -0.4 is 5.32 Å². The molecule has 1 heterocycles. The number of hydrogen-bond acceptors (Lipinski definition) is 2. The maximum absolute atomic E-state index is 3.85. The van der Waals surface area contributed by atoms with E-state index in [1.165, 1.54) is 29.3 Å². The van der Waals surface area contributed by atoms with Crippen LogP contribution in [0.2, 0.25) is 0 Å². The molecule has 1 fully saturated rings. The summed E-state index contributed by atoms with van der Waals surface area (Å²) < 4.78 is 1.17. The van der Waals surface area contributed by atoms with Crippen molar-refractivity contribution in [2.75, 3.05) is 13.1 Å². The molecule has 3 heteroatoms. The van der Waals surface area contributed by atoms with Gasteiger partial charge in [0.05, 0.1) is 0 Å². The number of hydrogen-bond donors (Lipinski definition) is 1. The molecule has 118 valence electrons. The van der Waals surface area contributed by atoms with Gasteiger partial charge in [0.25, 0.3) is 0 Å². The van der Waals surface area contributed by atoms with Crippen LogP contribution in [-0.4, -0.2) is 29.1 Å². The standard InChI is InChI=1S/C18H29BrN2/c1-5-17(4)13-20-18(6-2,7-3)14-21(17)12-15-9-8-10-16(19)11-15/h8-11,20H,5-7,12-14H2,1-4H3. The number of nitrogens with zero attached hydrogens (tertiary/aromatic N) is 1. The van der Waals surface area contributed by atoms with Gasteiger partial charge >= 0.3 is 0 Å². The van der Waals surface area contributed by atoms with Crippen LogP contribution in [0.1, 0.15) is 52.5 Å². The molecule has 1 unspecified atom stereocenters. The average molecular weight is 353 g/mol. The van der Waals surface area contributed by atoms with E-state index >= 15 is 0 Å². The first-order valence-corrected chi connectivity index (χ1v) is 9.01. The lowest BCUT2D eigenvalue weighted by Crippen LogP contribution is -2.68. The van der Waals surface area contributed by atoms with E-state index < -0.39 is 0 Å². The molecular weight excluding hydrogens is 324 g/mol. The number of nitrogens with one attached hydrogen (secondary N) is 1. The summed E-state index contributed by atoms with van der Waals surface area (Å²) in [5.41, 5.74) is 1.92. The molecule has 0 amide bonds. The Morgan fingerprint density at radius 3 is 2.48 bits per heavy atom. The zero-order valence-corrected chi connectivity index (χ0v) is 15.5. The van der Waals surface area contributed by atoms with Gasteiger partial charge in [0.1, 0.15) is 0 Å². The number of rotatable bonds is 5. The van der Waals surface area contributed by atoms with Gasteiger partial charge in [-0.2, -0.15) is 0 Å². The summed E-state index contributed by atoms with van der Waals surface area (Å²) in [7, 11) is 0. The highest BCUT2D eigenvalue weighted by molar-refractivity contribution is 9.10. The van der Waals surface area contributed by atoms with E-state index in [-0.39, 0.29) is 11.1 Å². The van der Waals surface area contributed by atoms with Crippen molar-refractivity contribution in [3.8, 4) is 0 Å². The second kappa shape index (κ2) is 6.80. The lowest BCUT2D eigenvalue weighted by molar-refractivity contribution is 0.00275. The van der Waals surface area contributed by atoms with Gasteiger partial charge in [-0.3, -0.25) is 4.90 Å². The van der Waals surface area contributed by atoms with Crippen molar-refractivity contribution in [3.05, 3.63) is 34.3 Å². The van der Waals surface area contributed by atoms with Gasteiger partial charge in [0.2, 0.25) is 0 Å². The highest BCUT2D eigenvalue weighted by Gasteiger charge is 2.42. The monoisotopic (exact) mass is 352 g/mol. The van der Waals surface area contributed by atoms with Gasteiger partial charge in [0.15, 0.2) is 0 Å². The Balaban J connectivity index is 2.22. The SMILES string of the molecule is CCC1(CC)CN(Cc2cccc(Br)c2)C(C)(CC)CN1. The first-order chi connectivity index (χ1) is 9.97. The molecule has 21 heavy (non-hydrogen) atoms. The molecule has 1 atom stereocenters. The highest BCUT2D eigenvalue weighted by Crippen LogP contribution is 2.32. The third kappa shape index (κ3) is 3.69. The first kappa shape index (κ1) is 17.0. The van der Waals surface area contributed by atoms with Gasteiger partial charge in [-0.15, -0.1) is 0 Å². The average Bonchev–Trinajstić information content (AvgIpc) is 2.50. The van der Waals surface area contributed by atoms with Crippen LogP contribution in [0, 0.1) is 0 Å². The molecule has 0 spiro atoms. The van der Waals surface area contributed by atoms with E-state index in [0.29, 0.717) is 0 Å². The molecule has 1 aliphatic rings. The fourth-order valence-electron chi connectivity index (χ4n) is 3.28. The molecule has 0 bridgehead atoms. The minimum Gasteiger partial charge on any atom is -0.308 e. The van der Waals surface area contributed by atoms with Crippen LogP contribution in [-0.2, 0) is 6.54 Å². The fraction of sp³-hybridized carbons (Fsp3) is 0.667. The Hall–Kier alpha value is -0.380. The van der Waals surface area contributed by atoms with Crippen LogP contribution in [0.15, 0.2) is 28.7 Å². The van der Waals surface area contributed by atoms with E-state index in [4.69, 9.17) is 0 Å². The van der Waals surface area contributed by atoms with Gasteiger partial charge in [-0.1, -0.05) is 48.8 Å². The van der Waals surface area contributed by atoms with E-state index in [0.717, 1.165) is 19.6 Å². The summed E-state index contributed by atoms with van der Waals surface area (Å²) in [6.45, 7) is 12.6. The minimum atomic E-state index is 0.246. The zero-order chi connectivity index (χ0) is 15.5. The number of piperazine rings is 1. The molecule has 1 aromatic carbocycles. The summed E-state index contributed by atoms with van der Waals surface area (Å²) in [6, 6.07) is 8.72. The molecule has 0 radical (unpaired) electrons. The number of benzene rings is 1. The topological polar surface area (TPSA) is 15.3 Å². The Bertz CT molecular complexity index is 470. The van der Waals surface area contributed by atoms with Crippen LogP contribution in [0.5, 0.6) is 0 Å². The van der Waals surface area contributed by atoms with Crippen LogP contribution in [0.4, 0.5) is 0 Å². The molecule has 1 N–H and O–H groups in total. The lowest BCUT2D eigenvalue weighted by Gasteiger charge is -2.53. The summed E-state index contributed by atoms with van der Waals surface area (Å²) in [5.74, 6) is 0. The lowest BCUT2D eigenvalue weighted by atomic mass is 9.82. The molecule has 2 nitrogen and oxygen atoms in total. The molecule has 2 rings (SSSR count). The number of halogens is 1. The Morgan fingerprint density at radius 1 is 1.19 bits per heavy atom. The third-order valence-electron chi connectivity index (χ3n) is 5.48. The van der Waals surface area contributed by atoms with Crippen LogP contribution in [0.3, 0.4) is 0 Å². The Morgan fingerprint density at radius 2 is 1.90 bits per heavy atom. The second-order valence-corrected chi connectivity index (χ2v) is 7.59.